The highest BCUT2D eigenvalue weighted by Crippen LogP contribution is 2.52. The first-order valence-electron chi connectivity index (χ1n) is 6.07. The SMILES string of the molecule is COP(=O)(OC)[C@H](C)C/C(C)=N\Nc1ccccc1. The Balaban J connectivity index is 2.59. The van der Waals surface area contributed by atoms with Gasteiger partial charge in [-0.1, -0.05) is 25.1 Å². The second-order valence-electron chi connectivity index (χ2n) is 4.28. The maximum absolute atomic E-state index is 12.1. The van der Waals surface area contributed by atoms with Gasteiger partial charge in [0.2, 0.25) is 0 Å². The van der Waals surface area contributed by atoms with E-state index in [-0.39, 0.29) is 5.66 Å². The quantitative estimate of drug-likeness (QED) is 0.471. The van der Waals surface area contributed by atoms with E-state index in [2.05, 4.69) is 10.5 Å². The van der Waals surface area contributed by atoms with Crippen LogP contribution in [0.1, 0.15) is 20.3 Å². The molecule has 5 nitrogen and oxygen atoms in total. The zero-order valence-corrected chi connectivity index (χ0v) is 12.7. The van der Waals surface area contributed by atoms with E-state index >= 15 is 0 Å². The lowest BCUT2D eigenvalue weighted by molar-refractivity contribution is 0.268. The Morgan fingerprint density at radius 3 is 2.42 bits per heavy atom. The number of nitrogens with zero attached hydrogens (tertiary/aromatic N) is 1. The molecule has 0 aliphatic heterocycles. The molecule has 1 atom stereocenters. The number of anilines is 1. The topological polar surface area (TPSA) is 59.9 Å². The van der Waals surface area contributed by atoms with E-state index in [9.17, 15) is 4.57 Å². The first-order chi connectivity index (χ1) is 9.01. The molecule has 0 saturated heterocycles. The van der Waals surface area contributed by atoms with E-state index in [0.29, 0.717) is 6.42 Å². The molecule has 0 saturated carbocycles. The Bertz CT molecular complexity index is 454. The number of rotatable bonds is 7. The molecule has 19 heavy (non-hydrogen) atoms. The fraction of sp³-hybridized carbons (Fsp3) is 0.462. The number of hydrazone groups is 1. The number of benzene rings is 1. The number of nitrogens with one attached hydrogen (secondary N) is 1. The van der Waals surface area contributed by atoms with E-state index in [4.69, 9.17) is 9.05 Å². The lowest BCUT2D eigenvalue weighted by Crippen LogP contribution is -2.12. The van der Waals surface area contributed by atoms with Crippen LogP contribution in [0.3, 0.4) is 0 Å². The van der Waals surface area contributed by atoms with Crippen molar-refractivity contribution in [1.29, 1.82) is 0 Å². The fourth-order valence-corrected chi connectivity index (χ4v) is 3.05. The average Bonchev–Trinajstić information content (AvgIpc) is 2.45. The summed E-state index contributed by atoms with van der Waals surface area (Å²) in [5, 5.41) is 4.25. The molecule has 1 rings (SSSR count). The molecule has 0 aliphatic carbocycles. The van der Waals surface area contributed by atoms with Crippen LogP contribution in [-0.4, -0.2) is 25.6 Å². The molecule has 0 spiro atoms. The smallest absolute Gasteiger partial charge is 0.312 e. The third-order valence-corrected chi connectivity index (χ3v) is 5.07. The van der Waals surface area contributed by atoms with Gasteiger partial charge in [0.1, 0.15) is 0 Å². The molecule has 0 radical (unpaired) electrons. The van der Waals surface area contributed by atoms with Gasteiger partial charge in [0.15, 0.2) is 0 Å². The monoisotopic (exact) mass is 284 g/mol. The van der Waals surface area contributed by atoms with E-state index < -0.39 is 7.60 Å². The van der Waals surface area contributed by atoms with Gasteiger partial charge in [0.25, 0.3) is 0 Å². The van der Waals surface area contributed by atoms with Gasteiger partial charge in [0, 0.05) is 26.4 Å². The van der Waals surface area contributed by atoms with Crippen molar-refractivity contribution in [2.45, 2.75) is 25.9 Å². The largest absolute Gasteiger partial charge is 0.333 e. The fourth-order valence-electron chi connectivity index (χ4n) is 1.69. The lowest BCUT2D eigenvalue weighted by atomic mass is 10.2. The van der Waals surface area contributed by atoms with Crippen molar-refractivity contribution in [3.63, 3.8) is 0 Å². The van der Waals surface area contributed by atoms with Gasteiger partial charge >= 0.3 is 7.60 Å². The highest BCUT2D eigenvalue weighted by atomic mass is 31.2. The summed E-state index contributed by atoms with van der Waals surface area (Å²) >= 11 is 0. The summed E-state index contributed by atoms with van der Waals surface area (Å²) < 4.78 is 22.1. The summed E-state index contributed by atoms with van der Waals surface area (Å²) in [4.78, 5) is 0. The second kappa shape index (κ2) is 7.43. The summed E-state index contributed by atoms with van der Waals surface area (Å²) in [6, 6.07) is 9.65. The Morgan fingerprint density at radius 1 is 1.32 bits per heavy atom. The predicted molar refractivity (Wildman–Crippen MR) is 78.9 cm³/mol. The maximum Gasteiger partial charge on any atom is 0.333 e. The molecule has 1 aromatic carbocycles. The summed E-state index contributed by atoms with van der Waals surface area (Å²) in [6.07, 6.45) is 0.540. The molecular formula is C13H21N2O3P. The Labute approximate surface area is 114 Å². The third-order valence-electron chi connectivity index (χ3n) is 2.79. The molecule has 1 N–H and O–H groups in total. The van der Waals surface area contributed by atoms with Crippen LogP contribution in [0, 0.1) is 0 Å². The van der Waals surface area contributed by atoms with Gasteiger partial charge in [-0.25, -0.2) is 0 Å². The van der Waals surface area contributed by atoms with Gasteiger partial charge < -0.3 is 9.05 Å². The summed E-state index contributed by atoms with van der Waals surface area (Å²) in [5.41, 5.74) is 4.47. The zero-order valence-electron chi connectivity index (χ0n) is 11.8. The second-order valence-corrected chi connectivity index (χ2v) is 6.97. The van der Waals surface area contributed by atoms with Gasteiger partial charge in [-0.3, -0.25) is 9.99 Å². The highest BCUT2D eigenvalue weighted by Gasteiger charge is 2.30. The minimum Gasteiger partial charge on any atom is -0.312 e. The number of hydrogen-bond acceptors (Lipinski definition) is 5. The molecule has 0 fully saturated rings. The molecule has 0 aliphatic rings. The van der Waals surface area contributed by atoms with Crippen LogP contribution < -0.4 is 5.43 Å². The number of hydrogen-bond donors (Lipinski definition) is 1. The minimum absolute atomic E-state index is 0.233. The van der Waals surface area contributed by atoms with Crippen LogP contribution in [0.5, 0.6) is 0 Å². The van der Waals surface area contributed by atoms with Crippen molar-refractivity contribution >= 4 is 19.0 Å². The van der Waals surface area contributed by atoms with Gasteiger partial charge in [-0.15, -0.1) is 0 Å². The van der Waals surface area contributed by atoms with Crippen LogP contribution in [0.4, 0.5) is 5.69 Å². The average molecular weight is 284 g/mol. The predicted octanol–water partition coefficient (Wildman–Crippen LogP) is 3.74. The van der Waals surface area contributed by atoms with E-state index in [1.165, 1.54) is 14.2 Å². The molecule has 106 valence electrons. The molecule has 6 heteroatoms. The standard InChI is InChI=1S/C13H21N2O3P/c1-11(10-12(2)19(16,17-3)18-4)14-15-13-8-6-5-7-9-13/h5-9,12,15H,10H2,1-4H3/b14-11-/t12-/m1/s1. The van der Waals surface area contributed by atoms with Gasteiger partial charge in [-0.05, 0) is 19.1 Å². The summed E-state index contributed by atoms with van der Waals surface area (Å²) in [5.74, 6) is 0. The number of para-hydroxylation sites is 1. The lowest BCUT2D eigenvalue weighted by Gasteiger charge is -2.20. The molecule has 0 aromatic heterocycles. The normalized spacial score (nSPS) is 14.2. The van der Waals surface area contributed by atoms with Crippen LogP contribution in [0.2, 0.25) is 0 Å². The third kappa shape index (κ3) is 4.78. The zero-order chi connectivity index (χ0) is 14.3. The van der Waals surface area contributed by atoms with Crippen LogP contribution in [0.15, 0.2) is 35.4 Å². The molecular weight excluding hydrogens is 263 g/mol. The van der Waals surface area contributed by atoms with Crippen molar-refractivity contribution in [2.24, 2.45) is 5.10 Å². The van der Waals surface area contributed by atoms with Crippen molar-refractivity contribution < 1.29 is 13.6 Å². The van der Waals surface area contributed by atoms with Crippen molar-refractivity contribution in [1.82, 2.24) is 0 Å². The first-order valence-corrected chi connectivity index (χ1v) is 7.68. The highest BCUT2D eigenvalue weighted by molar-refractivity contribution is 7.54. The van der Waals surface area contributed by atoms with Crippen molar-refractivity contribution in [2.75, 3.05) is 19.6 Å². The first kappa shape index (κ1) is 15.9. The summed E-state index contributed by atoms with van der Waals surface area (Å²) in [6.45, 7) is 3.71. The maximum atomic E-state index is 12.1. The Hall–Kier alpha value is -1.16. The Kier molecular flexibility index (Phi) is 6.22. The van der Waals surface area contributed by atoms with E-state index in [1.807, 2.05) is 44.2 Å². The molecule has 1 aromatic rings. The van der Waals surface area contributed by atoms with E-state index in [1.54, 1.807) is 0 Å². The molecule has 0 unspecified atom stereocenters. The van der Waals surface area contributed by atoms with E-state index in [0.717, 1.165) is 11.4 Å². The molecule has 0 amide bonds. The van der Waals surface area contributed by atoms with Gasteiger partial charge in [0.05, 0.1) is 11.3 Å². The van der Waals surface area contributed by atoms with Crippen LogP contribution in [0.25, 0.3) is 0 Å². The molecule has 0 bridgehead atoms. The Morgan fingerprint density at radius 2 is 1.89 bits per heavy atom. The van der Waals surface area contributed by atoms with Crippen molar-refractivity contribution in [3.05, 3.63) is 30.3 Å². The summed E-state index contributed by atoms with van der Waals surface area (Å²) in [7, 11) is -0.234. The molecule has 0 heterocycles. The van der Waals surface area contributed by atoms with Crippen LogP contribution >= 0.6 is 7.60 Å². The van der Waals surface area contributed by atoms with Crippen LogP contribution in [-0.2, 0) is 13.6 Å². The minimum atomic E-state index is -3.03. The van der Waals surface area contributed by atoms with Gasteiger partial charge in [-0.2, -0.15) is 5.10 Å². The van der Waals surface area contributed by atoms with Crippen molar-refractivity contribution in [3.8, 4) is 0 Å².